The molecule has 1 aliphatic rings. The standard InChI is InChI=1S/C23H26F2N4OS2/c1-23(2,3)14-8-9-17-13(10-14)11-18(32-17)21-27-28-22(29(21)4)31-12-19(30)26-20-15(24)6-5-7-16(20)25/h5-7,11,14H,8-10,12H2,1-4H3,(H,26,30). The van der Waals surface area contributed by atoms with Crippen molar-refractivity contribution >= 4 is 34.7 Å². The Labute approximate surface area is 194 Å². The number of hydrogen-bond acceptors (Lipinski definition) is 5. The third-order valence-corrected chi connectivity index (χ3v) is 8.18. The van der Waals surface area contributed by atoms with Gasteiger partial charge in [0.05, 0.1) is 10.6 Å². The van der Waals surface area contributed by atoms with Crippen LogP contribution in [0, 0.1) is 23.0 Å². The number of nitrogens with one attached hydrogen (secondary N) is 1. The van der Waals surface area contributed by atoms with Gasteiger partial charge in [-0.3, -0.25) is 4.79 Å². The van der Waals surface area contributed by atoms with Crippen molar-refractivity contribution < 1.29 is 13.6 Å². The fraction of sp³-hybridized carbons (Fsp3) is 0.435. The van der Waals surface area contributed by atoms with Gasteiger partial charge in [0.2, 0.25) is 5.91 Å². The van der Waals surface area contributed by atoms with Gasteiger partial charge in [-0.2, -0.15) is 0 Å². The predicted octanol–water partition coefficient (Wildman–Crippen LogP) is 5.70. The number of fused-ring (bicyclic) bond motifs is 1. The van der Waals surface area contributed by atoms with E-state index in [0.29, 0.717) is 16.5 Å². The van der Waals surface area contributed by atoms with E-state index in [2.05, 4.69) is 42.4 Å². The van der Waals surface area contributed by atoms with Gasteiger partial charge in [0.25, 0.3) is 0 Å². The summed E-state index contributed by atoms with van der Waals surface area (Å²) in [5, 5.41) is 11.4. The Kier molecular flexibility index (Phi) is 6.40. The second-order valence-corrected chi connectivity index (χ2v) is 11.2. The van der Waals surface area contributed by atoms with Crippen LogP contribution >= 0.6 is 23.1 Å². The minimum Gasteiger partial charge on any atom is -0.320 e. The molecule has 0 spiro atoms. The molecule has 5 nitrogen and oxygen atoms in total. The van der Waals surface area contributed by atoms with E-state index in [1.54, 1.807) is 11.3 Å². The zero-order valence-electron chi connectivity index (χ0n) is 18.5. The van der Waals surface area contributed by atoms with Crippen molar-refractivity contribution in [1.82, 2.24) is 14.8 Å². The maximum Gasteiger partial charge on any atom is 0.235 e. The number of rotatable bonds is 5. The van der Waals surface area contributed by atoms with Crippen LogP contribution < -0.4 is 5.32 Å². The SMILES string of the molecule is Cn1c(SCC(=O)Nc2c(F)cccc2F)nnc1-c1cc2c(s1)CCC(C(C)(C)C)C2. The smallest absolute Gasteiger partial charge is 0.235 e. The van der Waals surface area contributed by atoms with Crippen LogP contribution in [0.25, 0.3) is 10.7 Å². The molecule has 2 aromatic heterocycles. The van der Waals surface area contributed by atoms with Crippen LogP contribution in [0.15, 0.2) is 29.4 Å². The Morgan fingerprint density at radius 2 is 2.00 bits per heavy atom. The lowest BCUT2D eigenvalue weighted by Gasteiger charge is -2.33. The zero-order chi connectivity index (χ0) is 23.0. The van der Waals surface area contributed by atoms with E-state index in [-0.39, 0.29) is 5.75 Å². The van der Waals surface area contributed by atoms with E-state index in [0.717, 1.165) is 35.7 Å². The summed E-state index contributed by atoms with van der Waals surface area (Å²) in [6.45, 7) is 6.91. The number of thioether (sulfide) groups is 1. The number of halogens is 2. The van der Waals surface area contributed by atoms with Crippen molar-refractivity contribution in [2.45, 2.75) is 45.2 Å². The quantitative estimate of drug-likeness (QED) is 0.480. The molecule has 0 fully saturated rings. The molecule has 1 unspecified atom stereocenters. The van der Waals surface area contributed by atoms with Crippen LogP contribution in [0.2, 0.25) is 0 Å². The fourth-order valence-electron chi connectivity index (χ4n) is 3.95. The molecule has 2 heterocycles. The number of amides is 1. The van der Waals surface area contributed by atoms with E-state index in [1.165, 1.54) is 34.7 Å². The van der Waals surface area contributed by atoms with Crippen LogP contribution in [0.4, 0.5) is 14.5 Å². The van der Waals surface area contributed by atoms with E-state index in [4.69, 9.17) is 0 Å². The molecule has 1 amide bonds. The second kappa shape index (κ2) is 8.94. The number of aromatic nitrogens is 3. The highest BCUT2D eigenvalue weighted by atomic mass is 32.2. The molecular formula is C23H26F2N4OS2. The molecule has 0 saturated heterocycles. The minimum absolute atomic E-state index is 0.0338. The number of para-hydroxylation sites is 1. The largest absolute Gasteiger partial charge is 0.320 e. The number of carbonyl (C=O) groups excluding carboxylic acids is 1. The first kappa shape index (κ1) is 22.9. The Bertz CT molecular complexity index is 1130. The molecule has 1 N–H and O–H groups in total. The lowest BCUT2D eigenvalue weighted by molar-refractivity contribution is -0.113. The summed E-state index contributed by atoms with van der Waals surface area (Å²) < 4.78 is 29.3. The fourth-order valence-corrected chi connectivity index (χ4v) is 5.89. The molecule has 170 valence electrons. The van der Waals surface area contributed by atoms with Gasteiger partial charge < -0.3 is 9.88 Å². The highest BCUT2D eigenvalue weighted by Crippen LogP contribution is 2.42. The number of hydrogen-bond donors (Lipinski definition) is 1. The van der Waals surface area contributed by atoms with Gasteiger partial charge in [0.1, 0.15) is 17.3 Å². The molecule has 32 heavy (non-hydrogen) atoms. The first-order valence-corrected chi connectivity index (χ1v) is 12.3. The number of benzene rings is 1. The Balaban J connectivity index is 1.43. The van der Waals surface area contributed by atoms with Crippen LogP contribution in [0.1, 0.15) is 37.6 Å². The van der Waals surface area contributed by atoms with Crippen molar-refractivity contribution in [2.24, 2.45) is 18.4 Å². The summed E-state index contributed by atoms with van der Waals surface area (Å²) in [5.74, 6) is -0.725. The predicted molar refractivity (Wildman–Crippen MR) is 125 cm³/mol. The monoisotopic (exact) mass is 476 g/mol. The molecular weight excluding hydrogens is 450 g/mol. The number of anilines is 1. The highest BCUT2D eigenvalue weighted by molar-refractivity contribution is 7.99. The Morgan fingerprint density at radius 3 is 2.69 bits per heavy atom. The van der Waals surface area contributed by atoms with E-state index in [1.807, 2.05) is 11.6 Å². The summed E-state index contributed by atoms with van der Waals surface area (Å²) >= 11 is 2.94. The van der Waals surface area contributed by atoms with Crippen molar-refractivity contribution in [3.8, 4) is 10.7 Å². The molecule has 1 atom stereocenters. The van der Waals surface area contributed by atoms with Crippen molar-refractivity contribution in [3.05, 3.63) is 46.3 Å². The average Bonchev–Trinajstić information content (AvgIpc) is 3.31. The van der Waals surface area contributed by atoms with Crippen LogP contribution in [0.3, 0.4) is 0 Å². The number of carbonyl (C=O) groups is 1. The molecule has 3 aromatic rings. The maximum absolute atomic E-state index is 13.7. The summed E-state index contributed by atoms with van der Waals surface area (Å²) in [4.78, 5) is 14.7. The molecule has 0 saturated carbocycles. The van der Waals surface area contributed by atoms with Crippen molar-refractivity contribution in [2.75, 3.05) is 11.1 Å². The second-order valence-electron chi connectivity index (χ2n) is 9.16. The molecule has 1 aliphatic carbocycles. The Hall–Kier alpha value is -2.26. The van der Waals surface area contributed by atoms with Gasteiger partial charge in [-0.05, 0) is 54.4 Å². The van der Waals surface area contributed by atoms with Crippen LogP contribution in [-0.2, 0) is 24.7 Å². The minimum atomic E-state index is -0.806. The summed E-state index contributed by atoms with van der Waals surface area (Å²) in [7, 11) is 1.86. The van der Waals surface area contributed by atoms with Gasteiger partial charge >= 0.3 is 0 Å². The lowest BCUT2D eigenvalue weighted by atomic mass is 9.72. The molecule has 4 rings (SSSR count). The van der Waals surface area contributed by atoms with Crippen molar-refractivity contribution in [1.29, 1.82) is 0 Å². The van der Waals surface area contributed by atoms with Gasteiger partial charge in [-0.15, -0.1) is 21.5 Å². The van der Waals surface area contributed by atoms with Gasteiger partial charge in [0.15, 0.2) is 11.0 Å². The highest BCUT2D eigenvalue weighted by Gasteiger charge is 2.30. The summed E-state index contributed by atoms with van der Waals surface area (Å²) in [6, 6.07) is 5.68. The van der Waals surface area contributed by atoms with E-state index < -0.39 is 23.2 Å². The van der Waals surface area contributed by atoms with Gasteiger partial charge in [-0.25, -0.2) is 8.78 Å². The molecule has 9 heteroatoms. The molecule has 0 bridgehead atoms. The third-order valence-electron chi connectivity index (χ3n) is 5.92. The first-order valence-electron chi connectivity index (χ1n) is 10.5. The summed E-state index contributed by atoms with van der Waals surface area (Å²) in [5.41, 5.74) is 1.26. The molecule has 0 radical (unpaired) electrons. The molecule has 1 aromatic carbocycles. The number of thiophene rings is 1. The summed E-state index contributed by atoms with van der Waals surface area (Å²) in [6.07, 6.45) is 3.38. The van der Waals surface area contributed by atoms with Gasteiger partial charge in [0, 0.05) is 11.9 Å². The van der Waals surface area contributed by atoms with Crippen molar-refractivity contribution in [3.63, 3.8) is 0 Å². The van der Waals surface area contributed by atoms with E-state index in [9.17, 15) is 13.6 Å². The normalized spacial score (nSPS) is 16.1. The number of nitrogens with zero attached hydrogens (tertiary/aromatic N) is 3. The van der Waals surface area contributed by atoms with Gasteiger partial charge in [-0.1, -0.05) is 38.6 Å². The molecule has 0 aliphatic heterocycles. The van der Waals surface area contributed by atoms with Crippen LogP contribution in [-0.4, -0.2) is 26.4 Å². The maximum atomic E-state index is 13.7. The number of aryl methyl sites for hydroxylation is 1. The third kappa shape index (κ3) is 4.73. The lowest BCUT2D eigenvalue weighted by Crippen LogP contribution is -2.26. The first-order chi connectivity index (χ1) is 15.1. The van der Waals surface area contributed by atoms with E-state index >= 15 is 0 Å². The topological polar surface area (TPSA) is 59.8 Å². The Morgan fingerprint density at radius 1 is 1.28 bits per heavy atom. The van der Waals surface area contributed by atoms with Crippen LogP contribution in [0.5, 0.6) is 0 Å². The zero-order valence-corrected chi connectivity index (χ0v) is 20.2. The average molecular weight is 477 g/mol.